The summed E-state index contributed by atoms with van der Waals surface area (Å²) in [6.45, 7) is 0. The summed E-state index contributed by atoms with van der Waals surface area (Å²) in [4.78, 5) is 7.18. The highest BCUT2D eigenvalue weighted by Crippen LogP contribution is 2.48. The molecule has 8 aromatic rings. The topological polar surface area (TPSA) is 12.9 Å². The van der Waals surface area contributed by atoms with E-state index in [1.165, 1.54) is 73.4 Å². The second-order valence-electron chi connectivity index (χ2n) is 9.53. The van der Waals surface area contributed by atoms with Crippen LogP contribution in [0.2, 0.25) is 0 Å². The summed E-state index contributed by atoms with van der Waals surface area (Å²) < 4.78 is 2.67. The van der Waals surface area contributed by atoms with E-state index in [1.807, 2.05) is 35.5 Å². The molecule has 0 saturated heterocycles. The van der Waals surface area contributed by atoms with Gasteiger partial charge in [0.2, 0.25) is 0 Å². The largest absolute Gasteiger partial charge is 0.264 e. The highest BCUT2D eigenvalue weighted by Gasteiger charge is 2.19. The second-order valence-corrected chi connectivity index (χ2v) is 11.7. The van der Waals surface area contributed by atoms with Crippen LogP contribution in [-0.4, -0.2) is 4.98 Å². The van der Waals surface area contributed by atoms with Crippen LogP contribution < -0.4 is 0 Å². The number of hydrogen-bond acceptors (Lipinski definition) is 3. The number of fused-ring (bicyclic) bond motifs is 6. The Balaban J connectivity index is 1.46. The van der Waals surface area contributed by atoms with Gasteiger partial charge in [0.15, 0.2) is 0 Å². The number of aromatic nitrogens is 1. The first kappa shape index (κ1) is 21.9. The molecular weight excluding hydrogens is 499 g/mol. The van der Waals surface area contributed by atoms with E-state index in [-0.39, 0.29) is 0 Å². The number of rotatable bonds is 3. The minimum absolute atomic E-state index is 1.19. The fourth-order valence-electron chi connectivity index (χ4n) is 5.76. The Morgan fingerprint density at radius 2 is 1.21 bits per heavy atom. The minimum Gasteiger partial charge on any atom is -0.264 e. The fourth-order valence-corrected chi connectivity index (χ4v) is 8.22. The van der Waals surface area contributed by atoms with Crippen LogP contribution in [0.5, 0.6) is 0 Å². The van der Waals surface area contributed by atoms with Gasteiger partial charge in [-0.15, -0.1) is 11.3 Å². The Bertz CT molecular complexity index is 2110. The zero-order chi connectivity index (χ0) is 25.1. The van der Waals surface area contributed by atoms with Gasteiger partial charge in [-0.05, 0) is 62.3 Å². The van der Waals surface area contributed by atoms with E-state index in [9.17, 15) is 0 Å². The molecule has 0 saturated carbocycles. The Kier molecular flexibility index (Phi) is 5.00. The molecule has 38 heavy (non-hydrogen) atoms. The van der Waals surface area contributed by atoms with Crippen LogP contribution in [0.1, 0.15) is 0 Å². The maximum Gasteiger partial charge on any atom is 0.0366 e. The lowest BCUT2D eigenvalue weighted by molar-refractivity contribution is 1.36. The van der Waals surface area contributed by atoms with Crippen LogP contribution in [0.3, 0.4) is 0 Å². The molecule has 8 rings (SSSR count). The maximum absolute atomic E-state index is 4.61. The van der Waals surface area contributed by atoms with Gasteiger partial charge in [-0.3, -0.25) is 4.98 Å². The molecule has 0 N–H and O–H groups in total. The van der Waals surface area contributed by atoms with Crippen LogP contribution in [0.15, 0.2) is 137 Å². The lowest BCUT2D eigenvalue weighted by Gasteiger charge is -2.18. The number of thiophene rings is 1. The van der Waals surface area contributed by atoms with Gasteiger partial charge in [-0.2, -0.15) is 0 Å². The molecule has 0 aliphatic rings. The Morgan fingerprint density at radius 3 is 2.13 bits per heavy atom. The molecule has 6 aromatic carbocycles. The van der Waals surface area contributed by atoms with Crippen LogP contribution >= 0.6 is 23.1 Å². The van der Waals surface area contributed by atoms with Gasteiger partial charge in [-0.1, -0.05) is 103 Å². The molecule has 0 bridgehead atoms. The molecule has 0 atom stereocenters. The summed E-state index contributed by atoms with van der Waals surface area (Å²) in [5.74, 6) is 0. The molecule has 0 radical (unpaired) electrons. The van der Waals surface area contributed by atoms with Crippen LogP contribution in [0.25, 0.3) is 63.6 Å². The SMILES string of the molecule is c1ccc2c(-c3c4ccccc4c(Sc4cccc5sc6ccccc6c45)c4ccncc34)cccc2c1. The third kappa shape index (κ3) is 3.29. The monoisotopic (exact) mass is 519 g/mol. The quantitative estimate of drug-likeness (QED) is 0.215. The molecule has 0 fully saturated rings. The van der Waals surface area contributed by atoms with Crippen molar-refractivity contribution in [3.63, 3.8) is 0 Å². The van der Waals surface area contributed by atoms with Gasteiger partial charge in [0.1, 0.15) is 0 Å². The van der Waals surface area contributed by atoms with Crippen molar-refractivity contribution in [1.82, 2.24) is 4.98 Å². The van der Waals surface area contributed by atoms with Crippen molar-refractivity contribution in [2.24, 2.45) is 0 Å². The van der Waals surface area contributed by atoms with Crippen molar-refractivity contribution in [1.29, 1.82) is 0 Å². The third-order valence-electron chi connectivity index (χ3n) is 7.41. The summed E-state index contributed by atoms with van der Waals surface area (Å²) in [6, 6.07) is 41.8. The summed E-state index contributed by atoms with van der Waals surface area (Å²) in [5.41, 5.74) is 2.50. The van der Waals surface area contributed by atoms with E-state index in [0.29, 0.717) is 0 Å². The Labute approximate surface area is 228 Å². The lowest BCUT2D eigenvalue weighted by Crippen LogP contribution is -1.91. The van der Waals surface area contributed by atoms with E-state index in [0.717, 1.165) is 0 Å². The molecule has 0 spiro atoms. The first-order valence-corrected chi connectivity index (χ1v) is 14.3. The number of benzene rings is 6. The molecule has 0 unspecified atom stereocenters. The van der Waals surface area contributed by atoms with Crippen molar-refractivity contribution >= 4 is 75.6 Å². The van der Waals surface area contributed by atoms with Crippen molar-refractivity contribution in [2.75, 3.05) is 0 Å². The smallest absolute Gasteiger partial charge is 0.0366 e. The summed E-state index contributed by atoms with van der Waals surface area (Å²) in [7, 11) is 0. The van der Waals surface area contributed by atoms with E-state index in [4.69, 9.17) is 0 Å². The van der Waals surface area contributed by atoms with Crippen molar-refractivity contribution < 1.29 is 0 Å². The van der Waals surface area contributed by atoms with Crippen LogP contribution in [0, 0.1) is 0 Å². The molecule has 0 aliphatic heterocycles. The second kappa shape index (κ2) is 8.70. The fraction of sp³-hybridized carbons (Fsp3) is 0. The lowest BCUT2D eigenvalue weighted by atomic mass is 9.90. The van der Waals surface area contributed by atoms with Crippen LogP contribution in [0.4, 0.5) is 0 Å². The maximum atomic E-state index is 4.61. The zero-order valence-electron chi connectivity index (χ0n) is 20.4. The Hall–Kier alpha value is -4.18. The van der Waals surface area contributed by atoms with Crippen molar-refractivity contribution in [3.05, 3.63) is 128 Å². The van der Waals surface area contributed by atoms with Crippen molar-refractivity contribution in [3.8, 4) is 11.1 Å². The molecule has 0 amide bonds. The molecule has 3 heteroatoms. The van der Waals surface area contributed by atoms with Gasteiger partial charge in [-0.25, -0.2) is 0 Å². The molecule has 178 valence electrons. The van der Waals surface area contributed by atoms with E-state index in [1.54, 1.807) is 0 Å². The number of nitrogens with zero attached hydrogens (tertiary/aromatic N) is 1. The summed E-state index contributed by atoms with van der Waals surface area (Å²) in [6.07, 6.45) is 3.97. The van der Waals surface area contributed by atoms with Gasteiger partial charge in [0.05, 0.1) is 0 Å². The summed E-state index contributed by atoms with van der Waals surface area (Å²) >= 11 is 3.75. The highest BCUT2D eigenvalue weighted by molar-refractivity contribution is 8.00. The van der Waals surface area contributed by atoms with Crippen molar-refractivity contribution in [2.45, 2.75) is 9.79 Å². The average molecular weight is 520 g/mol. The standard InChI is InChI=1S/C35H21NS2/c1-2-11-23-22(9-1)10-7-15-24(23)33-25-12-3-4-13-26(25)35(27-19-20-36-21-29(27)33)38-32-18-8-17-31-34(32)28-14-5-6-16-30(28)37-31/h1-21H. The average Bonchev–Trinajstić information content (AvgIpc) is 3.37. The first-order chi connectivity index (χ1) is 18.9. The minimum atomic E-state index is 1.19. The summed E-state index contributed by atoms with van der Waals surface area (Å²) in [5, 5.41) is 10.2. The van der Waals surface area contributed by atoms with Gasteiger partial charge >= 0.3 is 0 Å². The van der Waals surface area contributed by atoms with E-state index >= 15 is 0 Å². The predicted octanol–water partition coefficient (Wildman–Crippen LogP) is 10.7. The first-order valence-electron chi connectivity index (χ1n) is 12.7. The van der Waals surface area contributed by atoms with Gasteiger partial charge < -0.3 is 0 Å². The van der Waals surface area contributed by atoms with Gasteiger partial charge in [0.25, 0.3) is 0 Å². The zero-order valence-corrected chi connectivity index (χ0v) is 22.0. The van der Waals surface area contributed by atoms with Crippen LogP contribution in [-0.2, 0) is 0 Å². The third-order valence-corrected chi connectivity index (χ3v) is 9.75. The molecule has 2 heterocycles. The molecular formula is C35H21NS2. The number of pyridine rings is 1. The molecule has 2 aromatic heterocycles. The predicted molar refractivity (Wildman–Crippen MR) is 166 cm³/mol. The molecule has 1 nitrogen and oxygen atoms in total. The number of hydrogen-bond donors (Lipinski definition) is 0. The molecule has 0 aliphatic carbocycles. The van der Waals surface area contributed by atoms with Gasteiger partial charge in [0, 0.05) is 47.7 Å². The highest BCUT2D eigenvalue weighted by atomic mass is 32.2. The normalized spacial score (nSPS) is 11.8. The van der Waals surface area contributed by atoms with E-state index < -0.39 is 0 Å². The van der Waals surface area contributed by atoms with E-state index in [2.05, 4.69) is 120 Å². The Morgan fingerprint density at radius 1 is 0.526 bits per heavy atom.